The fourth-order valence-corrected chi connectivity index (χ4v) is 5.23. The molecule has 1 aliphatic rings. The van der Waals surface area contributed by atoms with Crippen molar-refractivity contribution in [1.82, 2.24) is 19.6 Å². The van der Waals surface area contributed by atoms with Crippen molar-refractivity contribution >= 4 is 27.6 Å². The number of carbonyl (C=O) groups is 1. The van der Waals surface area contributed by atoms with Gasteiger partial charge in [0.1, 0.15) is 17.4 Å². The van der Waals surface area contributed by atoms with E-state index in [2.05, 4.69) is 20.6 Å². The highest BCUT2D eigenvalue weighted by Crippen LogP contribution is 2.42. The molecule has 4 N–H and O–H groups in total. The van der Waals surface area contributed by atoms with Gasteiger partial charge >= 0.3 is 6.18 Å². The Morgan fingerprint density at radius 1 is 1.23 bits per heavy atom. The number of methoxy groups -OCH3 is 1. The summed E-state index contributed by atoms with van der Waals surface area (Å²) in [5.41, 5.74) is 0.448. The van der Waals surface area contributed by atoms with Gasteiger partial charge in [-0.25, -0.2) is 13.4 Å². The van der Waals surface area contributed by atoms with Crippen LogP contribution in [-0.2, 0) is 22.6 Å². The van der Waals surface area contributed by atoms with Crippen LogP contribution in [0, 0.1) is 0 Å². The van der Waals surface area contributed by atoms with Crippen LogP contribution in [-0.4, -0.2) is 84.6 Å². The number of nitrogens with one attached hydrogen (secondary N) is 2. The van der Waals surface area contributed by atoms with Crippen molar-refractivity contribution in [3.8, 4) is 11.6 Å². The van der Waals surface area contributed by atoms with Gasteiger partial charge in [0.2, 0.25) is 21.9 Å². The van der Waals surface area contributed by atoms with Gasteiger partial charge in [-0.15, -0.1) is 0 Å². The average Bonchev–Trinajstić information content (AvgIpc) is 3.31. The van der Waals surface area contributed by atoms with Crippen molar-refractivity contribution in [3.63, 3.8) is 0 Å². The van der Waals surface area contributed by atoms with Crippen LogP contribution in [0.5, 0.6) is 11.6 Å². The van der Waals surface area contributed by atoms with E-state index in [1.807, 2.05) is 0 Å². The van der Waals surface area contributed by atoms with Gasteiger partial charge in [-0.2, -0.15) is 22.5 Å². The Hall–Kier alpha value is -3.99. The van der Waals surface area contributed by atoms with E-state index < -0.39 is 58.4 Å². The standard InChI is InChI=1S/C27H30F3N5O7S/c1-35(43(3,39)40)23-18-7-5-4-6-15(18)10-22(23)42-25-19(27(28,29)30)13-32-26(34-25)33-20-9-8-16(11-21(20)41-2)24(38)31-12-17(37)14-36/h4-9,11,13,17,22-23,36-37H,10,12,14H2,1-3H3,(H,31,38)(H,32,33,34)/t17?,22-,23-/m1/s1. The van der Waals surface area contributed by atoms with E-state index in [9.17, 15) is 31.5 Å². The van der Waals surface area contributed by atoms with Gasteiger partial charge < -0.3 is 30.3 Å². The van der Waals surface area contributed by atoms with Crippen LogP contribution >= 0.6 is 0 Å². The summed E-state index contributed by atoms with van der Waals surface area (Å²) in [5.74, 6) is -1.52. The minimum atomic E-state index is -4.88. The quantitative estimate of drug-likeness (QED) is 0.249. The van der Waals surface area contributed by atoms with Gasteiger partial charge in [-0.3, -0.25) is 4.79 Å². The molecule has 12 nitrogen and oxygen atoms in total. The molecule has 4 rings (SSSR count). The Morgan fingerprint density at radius 3 is 2.60 bits per heavy atom. The number of likely N-dealkylation sites (N-methyl/N-ethyl adjacent to an activating group) is 1. The minimum Gasteiger partial charge on any atom is -0.495 e. The highest BCUT2D eigenvalue weighted by molar-refractivity contribution is 7.88. The summed E-state index contributed by atoms with van der Waals surface area (Å²) >= 11 is 0. The van der Waals surface area contributed by atoms with Crippen molar-refractivity contribution in [2.45, 2.75) is 30.8 Å². The van der Waals surface area contributed by atoms with Crippen LogP contribution in [0.1, 0.15) is 33.1 Å². The number of amides is 1. The van der Waals surface area contributed by atoms with Crippen LogP contribution in [0.25, 0.3) is 0 Å². The number of anilines is 2. The normalized spacial score (nSPS) is 17.3. The molecular formula is C27H30F3N5O7S. The van der Waals surface area contributed by atoms with E-state index in [-0.39, 0.29) is 35.9 Å². The second-order valence-corrected chi connectivity index (χ2v) is 11.8. The summed E-state index contributed by atoms with van der Waals surface area (Å²) in [6, 6.07) is 10.2. The van der Waals surface area contributed by atoms with Gasteiger partial charge in [0.25, 0.3) is 5.91 Å². The largest absolute Gasteiger partial charge is 0.495 e. The van der Waals surface area contributed by atoms with Crippen LogP contribution in [0.4, 0.5) is 24.8 Å². The summed E-state index contributed by atoms with van der Waals surface area (Å²) in [5, 5.41) is 23.6. The molecule has 0 fully saturated rings. The maximum Gasteiger partial charge on any atom is 0.423 e. The topological polar surface area (TPSA) is 163 Å². The first kappa shape index (κ1) is 31.9. The number of fused-ring (bicyclic) bond motifs is 1. The van der Waals surface area contributed by atoms with Crippen LogP contribution in [0.2, 0.25) is 0 Å². The zero-order valence-electron chi connectivity index (χ0n) is 23.3. The molecule has 43 heavy (non-hydrogen) atoms. The van der Waals surface area contributed by atoms with Crippen molar-refractivity contribution in [2.75, 3.05) is 38.9 Å². The second-order valence-electron chi connectivity index (χ2n) is 9.78. The van der Waals surface area contributed by atoms with Crippen molar-refractivity contribution < 1.29 is 46.1 Å². The minimum absolute atomic E-state index is 0.127. The number of aliphatic hydroxyl groups excluding tert-OH is 2. The van der Waals surface area contributed by atoms with E-state index in [0.29, 0.717) is 11.8 Å². The molecule has 0 radical (unpaired) electrons. The number of sulfonamides is 1. The molecule has 3 aromatic rings. The first-order valence-corrected chi connectivity index (χ1v) is 14.7. The van der Waals surface area contributed by atoms with Gasteiger partial charge in [0, 0.05) is 31.8 Å². The monoisotopic (exact) mass is 625 g/mol. The molecule has 0 aliphatic heterocycles. The summed E-state index contributed by atoms with van der Waals surface area (Å²) in [6.45, 7) is -0.721. The molecule has 0 saturated heterocycles. The molecule has 3 atom stereocenters. The van der Waals surface area contributed by atoms with Gasteiger partial charge in [0.15, 0.2) is 0 Å². The van der Waals surface area contributed by atoms with E-state index >= 15 is 0 Å². The fourth-order valence-electron chi connectivity index (χ4n) is 4.57. The Kier molecular flexibility index (Phi) is 9.44. The number of carbonyl (C=O) groups excluding carboxylic acids is 1. The molecule has 232 valence electrons. The van der Waals surface area contributed by atoms with E-state index in [1.165, 1.54) is 32.4 Å². The molecule has 16 heteroatoms. The number of halogens is 3. The highest BCUT2D eigenvalue weighted by atomic mass is 32.2. The fraction of sp³-hybridized carbons (Fsp3) is 0.370. The number of alkyl halides is 3. The predicted octanol–water partition coefficient (Wildman–Crippen LogP) is 2.27. The zero-order valence-corrected chi connectivity index (χ0v) is 24.1. The van der Waals surface area contributed by atoms with E-state index in [0.717, 1.165) is 16.1 Å². The Balaban J connectivity index is 1.64. The second kappa shape index (κ2) is 12.7. The molecule has 1 amide bonds. The van der Waals surface area contributed by atoms with Crippen LogP contribution in [0.3, 0.4) is 0 Å². The molecule has 0 saturated carbocycles. The third-order valence-corrected chi connectivity index (χ3v) is 8.08. The number of nitrogens with zero attached hydrogens (tertiary/aromatic N) is 3. The summed E-state index contributed by atoms with van der Waals surface area (Å²) < 4.78 is 79.0. The number of rotatable bonds is 11. The van der Waals surface area contributed by atoms with Crippen LogP contribution in [0.15, 0.2) is 48.7 Å². The highest BCUT2D eigenvalue weighted by Gasteiger charge is 2.43. The Labute approximate surface area is 245 Å². The van der Waals surface area contributed by atoms with Crippen LogP contribution < -0.4 is 20.1 Å². The lowest BCUT2D eigenvalue weighted by molar-refractivity contribution is -0.140. The lowest BCUT2D eigenvalue weighted by Crippen LogP contribution is -2.38. The third-order valence-electron chi connectivity index (χ3n) is 6.80. The molecule has 1 aliphatic carbocycles. The lowest BCUT2D eigenvalue weighted by atomic mass is 10.1. The first-order valence-electron chi connectivity index (χ1n) is 12.9. The molecule has 1 aromatic heterocycles. The van der Waals surface area contributed by atoms with E-state index in [1.54, 1.807) is 24.3 Å². The molecule has 1 unspecified atom stereocenters. The van der Waals surface area contributed by atoms with Gasteiger partial charge in [-0.1, -0.05) is 24.3 Å². The average molecular weight is 626 g/mol. The number of aromatic nitrogens is 2. The molecule has 1 heterocycles. The SMILES string of the molecule is COc1cc(C(=O)NCC(O)CO)ccc1Nc1ncc(C(F)(F)F)c(O[C@@H]2Cc3ccccc3[C@H]2N(C)S(C)(=O)=O)n1. The maximum atomic E-state index is 14.0. The third kappa shape index (κ3) is 7.33. The van der Waals surface area contributed by atoms with Gasteiger partial charge in [0.05, 0.1) is 37.8 Å². The van der Waals surface area contributed by atoms with E-state index in [4.69, 9.17) is 14.6 Å². The molecule has 0 spiro atoms. The summed E-state index contributed by atoms with van der Waals surface area (Å²) in [7, 11) is -1.10. The lowest BCUT2D eigenvalue weighted by Gasteiger charge is -2.29. The first-order chi connectivity index (χ1) is 20.2. The number of ether oxygens (including phenoxy) is 2. The number of hydrogen-bond donors (Lipinski definition) is 4. The Morgan fingerprint density at radius 2 is 1.95 bits per heavy atom. The summed E-state index contributed by atoms with van der Waals surface area (Å²) in [6.07, 6.45) is -5.36. The smallest absolute Gasteiger partial charge is 0.423 e. The zero-order chi connectivity index (χ0) is 31.5. The predicted molar refractivity (Wildman–Crippen MR) is 149 cm³/mol. The molecular weight excluding hydrogens is 595 g/mol. The van der Waals surface area contributed by atoms with Crippen molar-refractivity contribution in [1.29, 1.82) is 0 Å². The number of hydrogen-bond acceptors (Lipinski definition) is 10. The number of aliphatic hydroxyl groups is 2. The maximum absolute atomic E-state index is 14.0. The molecule has 2 aromatic carbocycles. The summed E-state index contributed by atoms with van der Waals surface area (Å²) in [4.78, 5) is 20.2. The van der Waals surface area contributed by atoms with Gasteiger partial charge in [-0.05, 0) is 29.3 Å². The number of benzene rings is 2. The van der Waals surface area contributed by atoms with Crippen molar-refractivity contribution in [2.24, 2.45) is 0 Å². The van der Waals surface area contributed by atoms with Crippen molar-refractivity contribution in [3.05, 3.63) is 70.9 Å². The molecule has 0 bridgehead atoms. The Bertz CT molecular complexity index is 1590.